The van der Waals surface area contributed by atoms with Crippen LogP contribution in [-0.2, 0) is 6.42 Å². The van der Waals surface area contributed by atoms with Crippen LogP contribution in [0.3, 0.4) is 0 Å². The molecule has 1 aromatic heterocycles. The molecule has 1 aliphatic rings. The van der Waals surface area contributed by atoms with Crippen molar-refractivity contribution < 1.29 is 0 Å². The topological polar surface area (TPSA) is 53.6 Å². The summed E-state index contributed by atoms with van der Waals surface area (Å²) >= 11 is 1.79. The van der Waals surface area contributed by atoms with Crippen molar-refractivity contribution in [3.8, 4) is 0 Å². The van der Waals surface area contributed by atoms with Crippen LogP contribution in [0.25, 0.3) is 0 Å². The van der Waals surface area contributed by atoms with E-state index in [1.54, 1.807) is 11.3 Å². The molecule has 1 aliphatic heterocycles. The van der Waals surface area contributed by atoms with E-state index < -0.39 is 0 Å². The summed E-state index contributed by atoms with van der Waals surface area (Å²) in [6, 6.07) is 4.23. The average molecular weight is 280 g/mol. The standard InChI is InChI=1S/C14H24N4S/c1-18-8-5-12(6-9-18)11-17-14(15)16-7-4-13-3-2-10-19-13/h2-3,10,12H,4-9,11H2,1H3,(H3,15,16,17). The molecule has 0 aromatic carbocycles. The molecule has 1 aromatic rings. The summed E-state index contributed by atoms with van der Waals surface area (Å²) in [5, 5.41) is 5.30. The van der Waals surface area contributed by atoms with E-state index in [0.717, 1.165) is 19.5 Å². The molecular formula is C14H24N4S. The second kappa shape index (κ2) is 7.50. The van der Waals surface area contributed by atoms with E-state index in [0.29, 0.717) is 11.9 Å². The highest BCUT2D eigenvalue weighted by Crippen LogP contribution is 2.15. The first-order chi connectivity index (χ1) is 9.24. The quantitative estimate of drug-likeness (QED) is 0.635. The van der Waals surface area contributed by atoms with Gasteiger partial charge in [-0.1, -0.05) is 6.07 Å². The van der Waals surface area contributed by atoms with Gasteiger partial charge in [-0.15, -0.1) is 11.3 Å². The highest BCUT2D eigenvalue weighted by molar-refractivity contribution is 7.09. The highest BCUT2D eigenvalue weighted by Gasteiger charge is 2.15. The molecule has 0 atom stereocenters. The summed E-state index contributed by atoms with van der Waals surface area (Å²) in [5.41, 5.74) is 5.89. The first-order valence-corrected chi connectivity index (χ1v) is 7.86. The van der Waals surface area contributed by atoms with Crippen molar-refractivity contribution in [2.45, 2.75) is 19.3 Å². The van der Waals surface area contributed by atoms with Gasteiger partial charge in [-0.3, -0.25) is 4.99 Å². The monoisotopic (exact) mass is 280 g/mol. The second-order valence-electron chi connectivity index (χ2n) is 5.23. The van der Waals surface area contributed by atoms with Crippen molar-refractivity contribution in [3.05, 3.63) is 22.4 Å². The molecule has 3 N–H and O–H groups in total. The molecule has 19 heavy (non-hydrogen) atoms. The van der Waals surface area contributed by atoms with E-state index in [9.17, 15) is 0 Å². The van der Waals surface area contributed by atoms with Crippen LogP contribution in [0.15, 0.2) is 22.5 Å². The fourth-order valence-electron chi connectivity index (χ4n) is 2.30. The fraction of sp³-hybridized carbons (Fsp3) is 0.643. The molecule has 1 fully saturated rings. The minimum Gasteiger partial charge on any atom is -0.370 e. The Morgan fingerprint density at radius 3 is 3.00 bits per heavy atom. The Morgan fingerprint density at radius 1 is 1.53 bits per heavy atom. The Labute approximate surface area is 119 Å². The zero-order valence-electron chi connectivity index (χ0n) is 11.6. The zero-order valence-corrected chi connectivity index (χ0v) is 12.5. The van der Waals surface area contributed by atoms with E-state index in [1.165, 1.54) is 30.8 Å². The SMILES string of the molecule is CN1CCC(CN=C(N)NCCc2cccs2)CC1. The van der Waals surface area contributed by atoms with E-state index in [-0.39, 0.29) is 0 Å². The number of nitrogens with one attached hydrogen (secondary N) is 1. The van der Waals surface area contributed by atoms with Gasteiger partial charge >= 0.3 is 0 Å². The van der Waals surface area contributed by atoms with Gasteiger partial charge in [-0.2, -0.15) is 0 Å². The Morgan fingerprint density at radius 2 is 2.32 bits per heavy atom. The lowest BCUT2D eigenvalue weighted by molar-refractivity contribution is 0.223. The summed E-state index contributed by atoms with van der Waals surface area (Å²) in [4.78, 5) is 8.22. The van der Waals surface area contributed by atoms with E-state index in [2.05, 4.69) is 39.8 Å². The van der Waals surface area contributed by atoms with Gasteiger partial charge < -0.3 is 16.0 Å². The highest BCUT2D eigenvalue weighted by atomic mass is 32.1. The molecule has 2 rings (SSSR count). The lowest BCUT2D eigenvalue weighted by atomic mass is 9.97. The second-order valence-corrected chi connectivity index (χ2v) is 6.26. The number of nitrogens with two attached hydrogens (primary N) is 1. The third kappa shape index (κ3) is 5.20. The van der Waals surface area contributed by atoms with Crippen LogP contribution < -0.4 is 11.1 Å². The molecule has 1 saturated heterocycles. The van der Waals surface area contributed by atoms with Gasteiger partial charge in [0.2, 0.25) is 0 Å². The van der Waals surface area contributed by atoms with Crippen molar-refractivity contribution in [2.24, 2.45) is 16.6 Å². The maximum Gasteiger partial charge on any atom is 0.188 e. The number of aliphatic imine (C=N–C) groups is 1. The molecule has 0 bridgehead atoms. The van der Waals surface area contributed by atoms with Gasteiger partial charge in [0, 0.05) is 18.0 Å². The Kier molecular flexibility index (Phi) is 5.66. The molecule has 0 spiro atoms. The molecule has 0 saturated carbocycles. The number of hydrogen-bond acceptors (Lipinski definition) is 3. The van der Waals surface area contributed by atoms with Gasteiger partial charge in [0.1, 0.15) is 0 Å². The number of likely N-dealkylation sites (tertiary alicyclic amines) is 1. The summed E-state index contributed by atoms with van der Waals surface area (Å²) < 4.78 is 0. The number of nitrogens with zero attached hydrogens (tertiary/aromatic N) is 2. The molecule has 2 heterocycles. The maximum absolute atomic E-state index is 5.89. The van der Waals surface area contributed by atoms with Crippen molar-refractivity contribution in [3.63, 3.8) is 0 Å². The minimum atomic E-state index is 0.593. The predicted octanol–water partition coefficient (Wildman–Crippen LogP) is 1.54. The number of piperidine rings is 1. The molecule has 0 radical (unpaired) electrons. The summed E-state index contributed by atoms with van der Waals surface area (Å²) in [6.07, 6.45) is 3.49. The maximum atomic E-state index is 5.89. The van der Waals surface area contributed by atoms with Crippen molar-refractivity contribution in [1.82, 2.24) is 10.2 Å². The van der Waals surface area contributed by atoms with Gasteiger partial charge in [0.25, 0.3) is 0 Å². The van der Waals surface area contributed by atoms with Crippen LogP contribution in [0.4, 0.5) is 0 Å². The number of hydrogen-bond donors (Lipinski definition) is 2. The lowest BCUT2D eigenvalue weighted by Crippen LogP contribution is -2.35. The van der Waals surface area contributed by atoms with Crippen LogP contribution in [0.1, 0.15) is 17.7 Å². The van der Waals surface area contributed by atoms with Crippen LogP contribution in [0.5, 0.6) is 0 Å². The van der Waals surface area contributed by atoms with Gasteiger partial charge in [0.05, 0.1) is 0 Å². The normalized spacial score (nSPS) is 18.7. The molecule has 4 nitrogen and oxygen atoms in total. The third-order valence-electron chi connectivity index (χ3n) is 3.62. The van der Waals surface area contributed by atoms with Gasteiger partial charge in [-0.05, 0) is 56.8 Å². The zero-order chi connectivity index (χ0) is 13.5. The Bertz CT molecular complexity index is 380. The average Bonchev–Trinajstić information content (AvgIpc) is 2.91. The Balaban J connectivity index is 1.62. The third-order valence-corrected chi connectivity index (χ3v) is 4.55. The van der Waals surface area contributed by atoms with Gasteiger partial charge in [-0.25, -0.2) is 0 Å². The smallest absolute Gasteiger partial charge is 0.188 e. The minimum absolute atomic E-state index is 0.593. The molecule has 5 heteroatoms. The molecule has 0 aliphatic carbocycles. The number of rotatable bonds is 5. The predicted molar refractivity (Wildman–Crippen MR) is 82.7 cm³/mol. The van der Waals surface area contributed by atoms with Crippen LogP contribution in [-0.4, -0.2) is 44.1 Å². The molecular weight excluding hydrogens is 256 g/mol. The van der Waals surface area contributed by atoms with E-state index >= 15 is 0 Å². The van der Waals surface area contributed by atoms with E-state index in [4.69, 9.17) is 5.73 Å². The fourth-order valence-corrected chi connectivity index (χ4v) is 3.01. The van der Waals surface area contributed by atoms with Crippen LogP contribution in [0.2, 0.25) is 0 Å². The van der Waals surface area contributed by atoms with Crippen LogP contribution >= 0.6 is 11.3 Å². The number of guanidine groups is 1. The van der Waals surface area contributed by atoms with Crippen molar-refractivity contribution in [2.75, 3.05) is 33.2 Å². The molecule has 106 valence electrons. The van der Waals surface area contributed by atoms with E-state index in [1.807, 2.05) is 0 Å². The first-order valence-electron chi connectivity index (χ1n) is 6.99. The summed E-state index contributed by atoms with van der Waals surface area (Å²) in [5.74, 6) is 1.30. The first kappa shape index (κ1) is 14.3. The van der Waals surface area contributed by atoms with Gasteiger partial charge in [0.15, 0.2) is 5.96 Å². The largest absolute Gasteiger partial charge is 0.370 e. The number of thiophene rings is 1. The lowest BCUT2D eigenvalue weighted by Gasteiger charge is -2.27. The molecule has 0 unspecified atom stereocenters. The van der Waals surface area contributed by atoms with Crippen molar-refractivity contribution >= 4 is 17.3 Å². The van der Waals surface area contributed by atoms with Crippen molar-refractivity contribution in [1.29, 1.82) is 0 Å². The Hall–Kier alpha value is -1.07. The summed E-state index contributed by atoms with van der Waals surface area (Å²) in [6.45, 7) is 4.10. The van der Waals surface area contributed by atoms with Crippen LogP contribution in [0, 0.1) is 5.92 Å². The summed E-state index contributed by atoms with van der Waals surface area (Å²) in [7, 11) is 2.18. The molecule has 0 amide bonds.